The highest BCUT2D eigenvalue weighted by Crippen LogP contribution is 2.55. The normalized spacial score (nSPS) is 44.3. The Hall–Kier alpha value is -1.10. The lowest BCUT2D eigenvalue weighted by Gasteiger charge is -2.31. The molecule has 0 spiro atoms. The van der Waals surface area contributed by atoms with E-state index >= 15 is 0 Å². The van der Waals surface area contributed by atoms with Crippen molar-refractivity contribution >= 4 is 11.9 Å². The van der Waals surface area contributed by atoms with Gasteiger partial charge in [0.05, 0.1) is 31.2 Å². The smallest absolute Gasteiger partial charge is 0.309 e. The Kier molecular flexibility index (Phi) is 5.02. The molecule has 9 unspecified atom stereocenters. The zero-order chi connectivity index (χ0) is 18.4. The van der Waals surface area contributed by atoms with Crippen molar-refractivity contribution in [3.63, 3.8) is 0 Å². The zero-order valence-corrected chi connectivity index (χ0v) is 16.2. The van der Waals surface area contributed by atoms with Gasteiger partial charge in [0.2, 0.25) is 0 Å². The number of hydrogen-bond acceptors (Lipinski definition) is 5. The van der Waals surface area contributed by atoms with E-state index in [0.717, 1.165) is 32.1 Å². The fourth-order valence-corrected chi connectivity index (χ4v) is 5.95. The van der Waals surface area contributed by atoms with Crippen LogP contribution in [0.4, 0.5) is 0 Å². The quantitative estimate of drug-likeness (QED) is 0.677. The SMILES string of the molecule is CC(CC(=O)OCC1CC2CCC1O2)OC(=O)C1CC2CC1C(C)C2C. The molecule has 2 saturated carbocycles. The molecule has 26 heavy (non-hydrogen) atoms. The number of fused-ring (bicyclic) bond motifs is 4. The van der Waals surface area contributed by atoms with E-state index in [-0.39, 0.29) is 30.4 Å². The minimum Gasteiger partial charge on any atom is -0.465 e. The number of carbonyl (C=O) groups excluding carboxylic acids is 2. The van der Waals surface area contributed by atoms with E-state index in [4.69, 9.17) is 14.2 Å². The highest BCUT2D eigenvalue weighted by molar-refractivity contribution is 5.75. The molecule has 4 rings (SSSR count). The summed E-state index contributed by atoms with van der Waals surface area (Å²) >= 11 is 0. The van der Waals surface area contributed by atoms with Gasteiger partial charge in [-0.05, 0) is 62.7 Å². The third kappa shape index (κ3) is 3.39. The van der Waals surface area contributed by atoms with Crippen molar-refractivity contribution in [3.05, 3.63) is 0 Å². The van der Waals surface area contributed by atoms with E-state index in [2.05, 4.69) is 13.8 Å². The maximum Gasteiger partial charge on any atom is 0.309 e. The van der Waals surface area contributed by atoms with Crippen molar-refractivity contribution < 1.29 is 23.8 Å². The summed E-state index contributed by atoms with van der Waals surface area (Å²) in [5.41, 5.74) is 0. The van der Waals surface area contributed by atoms with Crippen LogP contribution in [0.5, 0.6) is 0 Å². The first-order chi connectivity index (χ1) is 12.4. The van der Waals surface area contributed by atoms with Gasteiger partial charge in [0.25, 0.3) is 0 Å². The van der Waals surface area contributed by atoms with Crippen molar-refractivity contribution in [2.24, 2.45) is 35.5 Å². The molecule has 4 aliphatic rings. The molecule has 4 bridgehead atoms. The number of ether oxygens (including phenoxy) is 3. The average Bonchev–Trinajstić information content (AvgIpc) is 3.35. The molecular formula is C21H32O5. The van der Waals surface area contributed by atoms with Gasteiger partial charge in [-0.25, -0.2) is 0 Å². The lowest BCUT2D eigenvalue weighted by atomic mass is 9.76. The topological polar surface area (TPSA) is 61.8 Å². The zero-order valence-electron chi connectivity index (χ0n) is 16.2. The van der Waals surface area contributed by atoms with Crippen molar-refractivity contribution in [1.82, 2.24) is 0 Å². The fourth-order valence-electron chi connectivity index (χ4n) is 5.95. The van der Waals surface area contributed by atoms with Gasteiger partial charge in [0.1, 0.15) is 6.10 Å². The van der Waals surface area contributed by atoms with Crippen molar-refractivity contribution in [3.8, 4) is 0 Å². The Bertz CT molecular complexity index is 559. The predicted octanol–water partition coefficient (Wildman–Crippen LogP) is 3.35. The first-order valence-corrected chi connectivity index (χ1v) is 10.4. The fraction of sp³-hybridized carbons (Fsp3) is 0.905. The summed E-state index contributed by atoms with van der Waals surface area (Å²) in [5.74, 6) is 2.41. The molecule has 5 nitrogen and oxygen atoms in total. The summed E-state index contributed by atoms with van der Waals surface area (Å²) in [7, 11) is 0. The van der Waals surface area contributed by atoms with Crippen LogP contribution >= 0.6 is 0 Å². The molecule has 9 atom stereocenters. The van der Waals surface area contributed by atoms with Gasteiger partial charge in [0.15, 0.2) is 0 Å². The standard InChI is InChI=1S/C21H32O5/c1-11(6-20(22)24-10-15-7-16-4-5-19(15)26-16)25-21(23)18-9-14-8-17(18)13(3)12(14)2/h11-19H,4-10H2,1-3H3. The molecular weight excluding hydrogens is 332 g/mol. The Balaban J connectivity index is 1.18. The summed E-state index contributed by atoms with van der Waals surface area (Å²) in [4.78, 5) is 24.6. The van der Waals surface area contributed by atoms with Gasteiger partial charge < -0.3 is 14.2 Å². The lowest BCUT2D eigenvalue weighted by Crippen LogP contribution is -2.33. The molecule has 0 aromatic rings. The molecule has 4 fully saturated rings. The summed E-state index contributed by atoms with van der Waals surface area (Å²) in [6, 6.07) is 0. The van der Waals surface area contributed by atoms with Crippen molar-refractivity contribution in [2.75, 3.05) is 6.61 Å². The van der Waals surface area contributed by atoms with Crippen LogP contribution < -0.4 is 0 Å². The molecule has 2 aliphatic carbocycles. The molecule has 0 N–H and O–H groups in total. The lowest BCUT2D eigenvalue weighted by molar-refractivity contribution is -0.160. The molecule has 2 heterocycles. The third-order valence-corrected chi connectivity index (χ3v) is 7.66. The van der Waals surface area contributed by atoms with Crippen LogP contribution in [0, 0.1) is 35.5 Å². The highest BCUT2D eigenvalue weighted by Gasteiger charge is 2.51. The first kappa shape index (κ1) is 18.3. The molecule has 0 amide bonds. The van der Waals surface area contributed by atoms with Crippen LogP contribution in [0.1, 0.15) is 59.3 Å². The molecule has 5 heteroatoms. The molecule has 0 radical (unpaired) electrons. The Labute approximate surface area is 156 Å². The second-order valence-electron chi connectivity index (χ2n) is 9.22. The van der Waals surface area contributed by atoms with Crippen molar-refractivity contribution in [2.45, 2.75) is 77.6 Å². The van der Waals surface area contributed by atoms with Crippen LogP contribution in [-0.4, -0.2) is 36.9 Å². The minimum absolute atomic E-state index is 0.0239. The summed E-state index contributed by atoms with van der Waals surface area (Å²) < 4.78 is 16.8. The van der Waals surface area contributed by atoms with Crippen LogP contribution in [0.15, 0.2) is 0 Å². The van der Waals surface area contributed by atoms with Gasteiger partial charge in [-0.15, -0.1) is 0 Å². The number of esters is 2. The number of hydrogen-bond donors (Lipinski definition) is 0. The third-order valence-electron chi connectivity index (χ3n) is 7.66. The summed E-state index contributed by atoms with van der Waals surface area (Å²) in [6.45, 7) is 6.78. The van der Waals surface area contributed by atoms with Crippen molar-refractivity contribution in [1.29, 1.82) is 0 Å². The molecule has 146 valence electrons. The second-order valence-corrected chi connectivity index (χ2v) is 9.22. The van der Waals surface area contributed by atoms with E-state index in [9.17, 15) is 9.59 Å². The molecule has 2 saturated heterocycles. The van der Waals surface area contributed by atoms with Gasteiger partial charge >= 0.3 is 11.9 Å². The van der Waals surface area contributed by atoms with E-state index in [1.807, 2.05) is 0 Å². The van der Waals surface area contributed by atoms with E-state index in [0.29, 0.717) is 42.3 Å². The largest absolute Gasteiger partial charge is 0.465 e. The first-order valence-electron chi connectivity index (χ1n) is 10.4. The van der Waals surface area contributed by atoms with Crippen LogP contribution in [0.2, 0.25) is 0 Å². The minimum atomic E-state index is -0.418. The predicted molar refractivity (Wildman–Crippen MR) is 95.2 cm³/mol. The van der Waals surface area contributed by atoms with Gasteiger partial charge in [-0.1, -0.05) is 13.8 Å². The van der Waals surface area contributed by atoms with Gasteiger partial charge in [-0.2, -0.15) is 0 Å². The Morgan fingerprint density at radius 3 is 2.54 bits per heavy atom. The number of carbonyl (C=O) groups is 2. The van der Waals surface area contributed by atoms with E-state index in [1.165, 1.54) is 0 Å². The van der Waals surface area contributed by atoms with E-state index < -0.39 is 6.10 Å². The Morgan fingerprint density at radius 1 is 1.12 bits per heavy atom. The van der Waals surface area contributed by atoms with E-state index in [1.54, 1.807) is 6.92 Å². The second kappa shape index (κ2) is 7.14. The Morgan fingerprint density at radius 2 is 1.92 bits per heavy atom. The van der Waals surface area contributed by atoms with Crippen LogP contribution in [0.25, 0.3) is 0 Å². The maximum absolute atomic E-state index is 12.5. The maximum atomic E-state index is 12.5. The summed E-state index contributed by atoms with van der Waals surface area (Å²) in [5, 5.41) is 0. The highest BCUT2D eigenvalue weighted by atomic mass is 16.6. The van der Waals surface area contributed by atoms with Gasteiger partial charge in [0, 0.05) is 5.92 Å². The van der Waals surface area contributed by atoms with Crippen LogP contribution in [0.3, 0.4) is 0 Å². The number of rotatable bonds is 6. The monoisotopic (exact) mass is 364 g/mol. The van der Waals surface area contributed by atoms with Gasteiger partial charge in [-0.3, -0.25) is 9.59 Å². The average molecular weight is 364 g/mol. The van der Waals surface area contributed by atoms with Crippen LogP contribution in [-0.2, 0) is 23.8 Å². The summed E-state index contributed by atoms with van der Waals surface area (Å²) in [6.07, 6.45) is 5.70. The molecule has 2 aliphatic heterocycles. The molecule has 0 aromatic carbocycles. The molecule has 0 aromatic heterocycles.